The number of aliphatic hydroxyl groups excluding tert-OH is 1. The van der Waals surface area contributed by atoms with E-state index in [1.807, 2.05) is 11.4 Å². The van der Waals surface area contributed by atoms with Gasteiger partial charge in [0.05, 0.1) is 17.2 Å². The topological polar surface area (TPSA) is 79.5 Å². The first-order valence-electron chi connectivity index (χ1n) is 7.16. The van der Waals surface area contributed by atoms with Crippen LogP contribution in [0, 0.1) is 10.1 Å². The zero-order valence-corrected chi connectivity index (χ0v) is 13.3. The number of hydrogen-bond donors (Lipinski definition) is 1. The summed E-state index contributed by atoms with van der Waals surface area (Å²) in [5.74, 6) is 0. The van der Waals surface area contributed by atoms with E-state index in [1.54, 1.807) is 12.1 Å². The molecule has 0 spiro atoms. The Morgan fingerprint density at radius 3 is 2.91 bits per heavy atom. The lowest BCUT2D eigenvalue weighted by molar-refractivity contribution is -0.384. The molecule has 0 unspecified atom stereocenters. The summed E-state index contributed by atoms with van der Waals surface area (Å²) in [6, 6.07) is 6.51. The molecular weight excluding hydrogens is 302 g/mol. The summed E-state index contributed by atoms with van der Waals surface area (Å²) in [4.78, 5) is 17.1. The lowest BCUT2D eigenvalue weighted by Gasteiger charge is -2.18. The molecule has 0 atom stereocenters. The summed E-state index contributed by atoms with van der Waals surface area (Å²) in [5, 5.41) is 22.7. The molecule has 1 N–H and O–H groups in total. The molecule has 0 aliphatic rings. The van der Waals surface area contributed by atoms with E-state index in [9.17, 15) is 10.1 Å². The zero-order chi connectivity index (χ0) is 15.9. The number of rotatable bonds is 8. The minimum atomic E-state index is -0.401. The van der Waals surface area contributed by atoms with Crippen molar-refractivity contribution >= 4 is 17.0 Å². The highest BCUT2D eigenvalue weighted by molar-refractivity contribution is 7.13. The van der Waals surface area contributed by atoms with Crippen molar-refractivity contribution < 1.29 is 10.0 Å². The van der Waals surface area contributed by atoms with Gasteiger partial charge in [-0.05, 0) is 13.0 Å². The van der Waals surface area contributed by atoms with Gasteiger partial charge in [0.25, 0.3) is 5.69 Å². The average molecular weight is 321 g/mol. The number of benzene rings is 1. The van der Waals surface area contributed by atoms with Crippen LogP contribution in [0.5, 0.6) is 0 Å². The minimum Gasteiger partial charge on any atom is -0.395 e. The van der Waals surface area contributed by atoms with Gasteiger partial charge in [-0.25, -0.2) is 4.98 Å². The van der Waals surface area contributed by atoms with Crippen LogP contribution in [0.1, 0.15) is 19.0 Å². The summed E-state index contributed by atoms with van der Waals surface area (Å²) in [5.41, 5.74) is 1.75. The second kappa shape index (κ2) is 7.98. The Kier molecular flexibility index (Phi) is 6.00. The third-order valence-corrected chi connectivity index (χ3v) is 4.14. The molecule has 0 radical (unpaired) electrons. The van der Waals surface area contributed by atoms with Crippen LogP contribution in [0.15, 0.2) is 29.6 Å². The van der Waals surface area contributed by atoms with Crippen molar-refractivity contribution in [3.8, 4) is 10.6 Å². The van der Waals surface area contributed by atoms with Gasteiger partial charge >= 0.3 is 0 Å². The maximum Gasteiger partial charge on any atom is 0.270 e. The van der Waals surface area contributed by atoms with Crippen LogP contribution in [-0.2, 0) is 6.54 Å². The van der Waals surface area contributed by atoms with E-state index in [2.05, 4.69) is 16.8 Å². The van der Waals surface area contributed by atoms with E-state index >= 15 is 0 Å². The Balaban J connectivity index is 2.13. The first-order valence-corrected chi connectivity index (χ1v) is 8.04. The van der Waals surface area contributed by atoms with Crippen molar-refractivity contribution in [1.82, 2.24) is 9.88 Å². The van der Waals surface area contributed by atoms with Crippen molar-refractivity contribution in [1.29, 1.82) is 0 Å². The van der Waals surface area contributed by atoms with Crippen molar-refractivity contribution in [2.24, 2.45) is 0 Å². The summed E-state index contributed by atoms with van der Waals surface area (Å²) in [7, 11) is 0. The highest BCUT2D eigenvalue weighted by Crippen LogP contribution is 2.27. The van der Waals surface area contributed by atoms with Gasteiger partial charge in [0.2, 0.25) is 0 Å². The van der Waals surface area contributed by atoms with Crippen molar-refractivity contribution in [2.45, 2.75) is 19.9 Å². The summed E-state index contributed by atoms with van der Waals surface area (Å²) < 4.78 is 0. The fraction of sp³-hybridized carbons (Fsp3) is 0.400. The van der Waals surface area contributed by atoms with Crippen LogP contribution < -0.4 is 0 Å². The van der Waals surface area contributed by atoms with Gasteiger partial charge in [0.1, 0.15) is 5.01 Å². The number of hydrogen-bond acceptors (Lipinski definition) is 6. The molecule has 2 aromatic rings. The number of aromatic nitrogens is 1. The monoisotopic (exact) mass is 321 g/mol. The van der Waals surface area contributed by atoms with E-state index < -0.39 is 4.92 Å². The van der Waals surface area contributed by atoms with E-state index in [1.165, 1.54) is 17.4 Å². The van der Waals surface area contributed by atoms with E-state index in [4.69, 9.17) is 5.11 Å². The highest BCUT2D eigenvalue weighted by atomic mass is 32.1. The van der Waals surface area contributed by atoms with Gasteiger partial charge in [-0.3, -0.25) is 15.0 Å². The van der Waals surface area contributed by atoms with Crippen LogP contribution in [0.3, 0.4) is 0 Å². The van der Waals surface area contributed by atoms with Gasteiger partial charge in [-0.1, -0.05) is 19.1 Å². The lowest BCUT2D eigenvalue weighted by atomic mass is 10.2. The molecule has 0 aliphatic carbocycles. The van der Waals surface area contributed by atoms with Crippen molar-refractivity contribution in [3.63, 3.8) is 0 Å². The molecule has 1 heterocycles. The molecule has 7 heteroatoms. The lowest BCUT2D eigenvalue weighted by Crippen LogP contribution is -2.27. The van der Waals surface area contributed by atoms with Crippen LogP contribution >= 0.6 is 11.3 Å². The maximum atomic E-state index is 10.8. The molecule has 0 saturated carbocycles. The smallest absolute Gasteiger partial charge is 0.270 e. The molecule has 1 aromatic heterocycles. The third kappa shape index (κ3) is 4.33. The Bertz CT molecular complexity index is 624. The Morgan fingerprint density at radius 1 is 1.41 bits per heavy atom. The van der Waals surface area contributed by atoms with Crippen LogP contribution in [0.2, 0.25) is 0 Å². The summed E-state index contributed by atoms with van der Waals surface area (Å²) >= 11 is 1.48. The minimum absolute atomic E-state index is 0.0714. The molecule has 0 amide bonds. The number of nitro groups is 1. The molecule has 0 fully saturated rings. The Labute approximate surface area is 133 Å². The standard InChI is InChI=1S/C15H19N3O3S/c1-2-6-17(7-8-19)10-13-11-22-15(16-13)12-4-3-5-14(9-12)18(20)21/h3-5,9,11,19H,2,6-8,10H2,1H3. The second-order valence-corrected chi connectivity index (χ2v) is 5.81. The van der Waals surface area contributed by atoms with Crippen molar-refractivity contribution in [2.75, 3.05) is 19.7 Å². The number of aliphatic hydroxyl groups is 1. The van der Waals surface area contributed by atoms with Crippen LogP contribution in [0.4, 0.5) is 5.69 Å². The molecule has 0 saturated heterocycles. The molecular formula is C15H19N3O3S. The SMILES string of the molecule is CCCN(CCO)Cc1csc(-c2cccc([N+](=O)[O-])c2)n1. The quantitative estimate of drug-likeness (QED) is 0.597. The van der Waals surface area contributed by atoms with Crippen LogP contribution in [0.25, 0.3) is 10.6 Å². The second-order valence-electron chi connectivity index (χ2n) is 4.95. The molecule has 1 aromatic carbocycles. The fourth-order valence-corrected chi connectivity index (χ4v) is 3.03. The molecule has 0 bridgehead atoms. The molecule has 22 heavy (non-hydrogen) atoms. The van der Waals surface area contributed by atoms with Gasteiger partial charge in [0.15, 0.2) is 0 Å². The Hall–Kier alpha value is -1.83. The van der Waals surface area contributed by atoms with E-state index in [0.29, 0.717) is 13.1 Å². The fourth-order valence-electron chi connectivity index (χ4n) is 2.22. The first-order chi connectivity index (χ1) is 10.6. The number of thiazole rings is 1. The van der Waals surface area contributed by atoms with Gasteiger partial charge in [0, 0.05) is 36.2 Å². The first kappa shape index (κ1) is 16.5. The van der Waals surface area contributed by atoms with Gasteiger partial charge < -0.3 is 5.11 Å². The highest BCUT2D eigenvalue weighted by Gasteiger charge is 2.12. The normalized spacial score (nSPS) is 11.0. The largest absolute Gasteiger partial charge is 0.395 e. The van der Waals surface area contributed by atoms with Gasteiger partial charge in [-0.15, -0.1) is 11.3 Å². The summed E-state index contributed by atoms with van der Waals surface area (Å²) in [6.07, 6.45) is 1.02. The van der Waals surface area contributed by atoms with E-state index in [-0.39, 0.29) is 12.3 Å². The number of nitro benzene ring substituents is 1. The predicted molar refractivity (Wildman–Crippen MR) is 86.9 cm³/mol. The third-order valence-electron chi connectivity index (χ3n) is 3.20. The maximum absolute atomic E-state index is 10.8. The molecule has 0 aliphatic heterocycles. The van der Waals surface area contributed by atoms with Crippen LogP contribution in [-0.4, -0.2) is 39.6 Å². The van der Waals surface area contributed by atoms with Gasteiger partial charge in [-0.2, -0.15) is 0 Å². The van der Waals surface area contributed by atoms with E-state index in [0.717, 1.165) is 29.2 Å². The molecule has 2 rings (SSSR count). The number of non-ortho nitro benzene ring substituents is 1. The molecule has 6 nitrogen and oxygen atoms in total. The number of nitrogens with zero attached hydrogens (tertiary/aromatic N) is 3. The zero-order valence-electron chi connectivity index (χ0n) is 12.4. The summed E-state index contributed by atoms with van der Waals surface area (Å²) in [6.45, 7) is 4.43. The van der Waals surface area contributed by atoms with Crippen molar-refractivity contribution in [3.05, 3.63) is 45.5 Å². The average Bonchev–Trinajstić information content (AvgIpc) is 2.96. The predicted octanol–water partition coefficient (Wildman–Crippen LogP) is 2.92. The Morgan fingerprint density at radius 2 is 2.23 bits per heavy atom. The molecule has 118 valence electrons.